The van der Waals surface area contributed by atoms with Crippen LogP contribution in [0.2, 0.25) is 5.02 Å². The van der Waals surface area contributed by atoms with Gasteiger partial charge in [-0.1, -0.05) is 29.8 Å². The Morgan fingerprint density at radius 2 is 1.75 bits per heavy atom. The van der Waals surface area contributed by atoms with Crippen LogP contribution < -0.4 is 10.2 Å². The number of halogens is 1. The van der Waals surface area contributed by atoms with Crippen molar-refractivity contribution in [3.05, 3.63) is 59.2 Å². The number of carbonyl (C=O) groups is 2. The third-order valence-corrected chi connectivity index (χ3v) is 5.75. The van der Waals surface area contributed by atoms with E-state index in [0.29, 0.717) is 37.5 Å². The number of anilines is 1. The quantitative estimate of drug-likeness (QED) is 0.786. The molecule has 4 rings (SSSR count). The van der Waals surface area contributed by atoms with Crippen LogP contribution in [0.4, 0.5) is 5.82 Å². The highest BCUT2D eigenvalue weighted by Gasteiger charge is 2.58. The first-order valence-electron chi connectivity index (χ1n) is 9.57. The van der Waals surface area contributed by atoms with Gasteiger partial charge in [0.1, 0.15) is 11.2 Å². The monoisotopic (exact) mass is 398 g/mol. The van der Waals surface area contributed by atoms with E-state index in [1.807, 2.05) is 35.2 Å². The zero-order valence-corrected chi connectivity index (χ0v) is 16.4. The van der Waals surface area contributed by atoms with Crippen molar-refractivity contribution in [2.45, 2.75) is 19.4 Å². The Kier molecular flexibility index (Phi) is 5.22. The zero-order valence-electron chi connectivity index (χ0n) is 15.6. The molecule has 2 heterocycles. The van der Waals surface area contributed by atoms with Crippen molar-refractivity contribution in [1.29, 1.82) is 0 Å². The van der Waals surface area contributed by atoms with Crippen molar-refractivity contribution in [2.24, 2.45) is 5.41 Å². The smallest absolute Gasteiger partial charge is 0.238 e. The third-order valence-electron chi connectivity index (χ3n) is 5.50. The van der Waals surface area contributed by atoms with Crippen LogP contribution >= 0.6 is 11.6 Å². The molecular formula is C21H23ClN4O2. The lowest BCUT2D eigenvalue weighted by atomic mass is 10.0. The number of benzene rings is 1. The SMILES string of the molecule is O=C(NCc1ccc(Cl)cc1)C1(C(=O)N2CCN(c3ccccn3)CC2)CC1. The van der Waals surface area contributed by atoms with Gasteiger partial charge in [-0.25, -0.2) is 4.98 Å². The van der Waals surface area contributed by atoms with Crippen molar-refractivity contribution >= 4 is 29.2 Å². The normalized spacial score (nSPS) is 17.9. The number of nitrogens with one attached hydrogen (secondary N) is 1. The van der Waals surface area contributed by atoms with Gasteiger partial charge in [0.2, 0.25) is 11.8 Å². The minimum Gasteiger partial charge on any atom is -0.353 e. The zero-order chi connectivity index (χ0) is 19.6. The van der Waals surface area contributed by atoms with Gasteiger partial charge in [0.05, 0.1) is 0 Å². The second-order valence-corrected chi connectivity index (χ2v) is 7.79. The fraction of sp³-hybridized carbons (Fsp3) is 0.381. The van der Waals surface area contributed by atoms with Crippen LogP contribution in [0.3, 0.4) is 0 Å². The molecule has 1 aliphatic heterocycles. The van der Waals surface area contributed by atoms with Crippen LogP contribution in [0.5, 0.6) is 0 Å². The lowest BCUT2D eigenvalue weighted by molar-refractivity contribution is -0.144. The maximum atomic E-state index is 13.0. The van der Waals surface area contributed by atoms with E-state index in [1.54, 1.807) is 18.3 Å². The summed E-state index contributed by atoms with van der Waals surface area (Å²) in [5.74, 6) is 0.720. The first kappa shape index (κ1) is 18.7. The molecule has 6 nitrogen and oxygen atoms in total. The van der Waals surface area contributed by atoms with Crippen molar-refractivity contribution in [3.8, 4) is 0 Å². The van der Waals surface area contributed by atoms with Gasteiger partial charge in [-0.15, -0.1) is 0 Å². The largest absolute Gasteiger partial charge is 0.353 e. The summed E-state index contributed by atoms with van der Waals surface area (Å²) in [7, 11) is 0. The van der Waals surface area contributed by atoms with Crippen LogP contribution in [0.25, 0.3) is 0 Å². The standard InChI is InChI=1S/C21H23ClN4O2/c22-17-6-4-16(5-7-17)15-24-19(27)21(8-9-21)20(28)26-13-11-25(12-14-26)18-3-1-2-10-23-18/h1-7,10H,8-9,11-15H2,(H,24,27). The Labute approximate surface area is 169 Å². The van der Waals surface area contributed by atoms with Crippen LogP contribution in [0, 0.1) is 5.41 Å². The summed E-state index contributed by atoms with van der Waals surface area (Å²) in [5.41, 5.74) is 0.0875. The highest BCUT2D eigenvalue weighted by Crippen LogP contribution is 2.47. The number of nitrogens with zero attached hydrogens (tertiary/aromatic N) is 3. The number of hydrogen-bond acceptors (Lipinski definition) is 4. The van der Waals surface area contributed by atoms with E-state index in [9.17, 15) is 9.59 Å². The van der Waals surface area contributed by atoms with E-state index in [4.69, 9.17) is 11.6 Å². The molecule has 146 valence electrons. The Morgan fingerprint density at radius 3 is 2.36 bits per heavy atom. The van der Waals surface area contributed by atoms with Gasteiger partial charge >= 0.3 is 0 Å². The molecule has 2 aliphatic rings. The van der Waals surface area contributed by atoms with Crippen LogP contribution in [-0.4, -0.2) is 47.9 Å². The predicted octanol–water partition coefficient (Wildman–Crippen LogP) is 2.48. The molecule has 28 heavy (non-hydrogen) atoms. The molecule has 1 aromatic carbocycles. The van der Waals surface area contributed by atoms with E-state index in [2.05, 4.69) is 15.2 Å². The average Bonchev–Trinajstić information content (AvgIpc) is 3.55. The van der Waals surface area contributed by atoms with Gasteiger partial charge in [-0.2, -0.15) is 0 Å². The number of hydrogen-bond donors (Lipinski definition) is 1. The number of aromatic nitrogens is 1. The summed E-state index contributed by atoms with van der Waals surface area (Å²) >= 11 is 5.89. The highest BCUT2D eigenvalue weighted by atomic mass is 35.5. The molecule has 1 N–H and O–H groups in total. The van der Waals surface area contributed by atoms with Gasteiger partial charge < -0.3 is 15.1 Å². The first-order valence-corrected chi connectivity index (χ1v) is 9.94. The molecule has 0 bridgehead atoms. The highest BCUT2D eigenvalue weighted by molar-refractivity contribution is 6.30. The average molecular weight is 399 g/mol. The van der Waals surface area contributed by atoms with Crippen LogP contribution in [0.1, 0.15) is 18.4 Å². The van der Waals surface area contributed by atoms with Crippen molar-refractivity contribution in [3.63, 3.8) is 0 Å². The number of rotatable bonds is 5. The number of piperazine rings is 1. The molecule has 2 amide bonds. The fourth-order valence-electron chi connectivity index (χ4n) is 3.60. The summed E-state index contributed by atoms with van der Waals surface area (Å²) in [4.78, 5) is 34.1. The third kappa shape index (κ3) is 3.83. The van der Waals surface area contributed by atoms with Crippen molar-refractivity contribution in [2.75, 3.05) is 31.1 Å². The van der Waals surface area contributed by atoms with E-state index in [-0.39, 0.29) is 11.8 Å². The van der Waals surface area contributed by atoms with Gasteiger partial charge in [0, 0.05) is 43.9 Å². The topological polar surface area (TPSA) is 65.5 Å². The van der Waals surface area contributed by atoms with Crippen molar-refractivity contribution < 1.29 is 9.59 Å². The fourth-order valence-corrected chi connectivity index (χ4v) is 3.72. The molecule has 0 atom stereocenters. The summed E-state index contributed by atoms with van der Waals surface area (Å²) in [6, 6.07) is 13.2. The van der Waals surface area contributed by atoms with Gasteiger partial charge in [0.25, 0.3) is 0 Å². The summed E-state index contributed by atoms with van der Waals surface area (Å²) in [6.07, 6.45) is 3.02. The van der Waals surface area contributed by atoms with E-state index in [1.165, 1.54) is 0 Å². The molecule has 0 spiro atoms. The molecule has 7 heteroatoms. The minimum atomic E-state index is -0.875. The molecule has 1 saturated carbocycles. The Bertz CT molecular complexity index is 844. The molecule has 0 unspecified atom stereocenters. The molecule has 1 aliphatic carbocycles. The summed E-state index contributed by atoms with van der Waals surface area (Å²) in [5, 5.41) is 3.59. The number of amides is 2. The Hall–Kier alpha value is -2.60. The Morgan fingerprint density at radius 1 is 1.04 bits per heavy atom. The first-order chi connectivity index (χ1) is 13.6. The second kappa shape index (κ2) is 7.80. The molecular weight excluding hydrogens is 376 g/mol. The maximum Gasteiger partial charge on any atom is 0.238 e. The van der Waals surface area contributed by atoms with E-state index >= 15 is 0 Å². The predicted molar refractivity (Wildman–Crippen MR) is 108 cm³/mol. The Balaban J connectivity index is 1.32. The van der Waals surface area contributed by atoms with E-state index < -0.39 is 5.41 Å². The molecule has 2 fully saturated rings. The summed E-state index contributed by atoms with van der Waals surface area (Å²) in [6.45, 7) is 3.08. The van der Waals surface area contributed by atoms with Crippen LogP contribution in [-0.2, 0) is 16.1 Å². The number of pyridine rings is 1. The lowest BCUT2D eigenvalue weighted by Gasteiger charge is -2.36. The number of carbonyl (C=O) groups excluding carboxylic acids is 2. The van der Waals surface area contributed by atoms with Gasteiger partial charge in [-0.3, -0.25) is 9.59 Å². The summed E-state index contributed by atoms with van der Waals surface area (Å²) < 4.78 is 0. The van der Waals surface area contributed by atoms with E-state index in [0.717, 1.165) is 24.5 Å². The van der Waals surface area contributed by atoms with Crippen LogP contribution in [0.15, 0.2) is 48.7 Å². The molecule has 1 aromatic heterocycles. The second-order valence-electron chi connectivity index (χ2n) is 7.36. The lowest BCUT2D eigenvalue weighted by Crippen LogP contribution is -2.53. The van der Waals surface area contributed by atoms with Crippen molar-refractivity contribution in [1.82, 2.24) is 15.2 Å². The minimum absolute atomic E-state index is 0.0400. The molecule has 1 saturated heterocycles. The van der Waals surface area contributed by atoms with Gasteiger partial charge in [-0.05, 0) is 42.7 Å². The molecule has 2 aromatic rings. The maximum absolute atomic E-state index is 13.0. The van der Waals surface area contributed by atoms with Gasteiger partial charge in [0.15, 0.2) is 0 Å². The molecule has 0 radical (unpaired) electrons.